The Bertz CT molecular complexity index is 587. The van der Waals surface area contributed by atoms with E-state index in [-0.39, 0.29) is 12.0 Å². The number of nitrogens with one attached hydrogen (secondary N) is 1. The van der Waals surface area contributed by atoms with Crippen molar-refractivity contribution in [3.05, 3.63) is 34.2 Å². The number of nitrogens with two attached hydrogens (primary N) is 1. The summed E-state index contributed by atoms with van der Waals surface area (Å²) in [5.41, 5.74) is 4.73. The highest BCUT2D eigenvalue weighted by molar-refractivity contribution is 5.84. The number of carbonyl (C=O) groups excluding carboxylic acids is 2. The van der Waals surface area contributed by atoms with E-state index in [9.17, 15) is 14.4 Å². The van der Waals surface area contributed by atoms with Crippen LogP contribution in [0.5, 0.6) is 0 Å². The van der Waals surface area contributed by atoms with E-state index in [2.05, 4.69) is 5.32 Å². The monoisotopic (exact) mass is 295 g/mol. The molecule has 0 aliphatic carbocycles. The molecule has 0 bridgehead atoms. The van der Waals surface area contributed by atoms with Gasteiger partial charge >= 0.3 is 6.09 Å². The summed E-state index contributed by atoms with van der Waals surface area (Å²) in [5.74, 6) is -0.730. The molecule has 116 valence electrons. The third kappa shape index (κ3) is 5.29. The van der Waals surface area contributed by atoms with Crippen molar-refractivity contribution in [2.24, 2.45) is 12.8 Å². The smallest absolute Gasteiger partial charge is 0.408 e. The second-order valence-electron chi connectivity index (χ2n) is 5.75. The first-order valence-corrected chi connectivity index (χ1v) is 6.53. The highest BCUT2D eigenvalue weighted by atomic mass is 16.6. The number of primary amides is 1. The van der Waals surface area contributed by atoms with Gasteiger partial charge in [0.2, 0.25) is 5.91 Å². The summed E-state index contributed by atoms with van der Waals surface area (Å²) in [6.45, 7) is 5.12. The standard InChI is InChI=1S/C14H21N3O4/c1-14(2,3)21-13(20)16-10(11(15)18)8-9-6-5-7-17(4)12(9)19/h5-7,10H,8H2,1-4H3,(H2,15,18)(H,16,20). The molecule has 1 rings (SSSR count). The Kier molecular flexibility index (Phi) is 5.12. The van der Waals surface area contributed by atoms with Crippen LogP contribution in [0, 0.1) is 0 Å². The van der Waals surface area contributed by atoms with Gasteiger partial charge in [-0.2, -0.15) is 0 Å². The first-order chi connectivity index (χ1) is 9.60. The van der Waals surface area contributed by atoms with E-state index in [1.165, 1.54) is 4.57 Å². The average Bonchev–Trinajstić information content (AvgIpc) is 2.31. The van der Waals surface area contributed by atoms with Gasteiger partial charge in [-0.1, -0.05) is 6.07 Å². The maximum Gasteiger partial charge on any atom is 0.408 e. The Morgan fingerprint density at radius 1 is 1.43 bits per heavy atom. The molecular formula is C14H21N3O4. The first kappa shape index (κ1) is 16.7. The normalized spacial score (nSPS) is 12.6. The van der Waals surface area contributed by atoms with Gasteiger partial charge in [0.25, 0.3) is 5.56 Å². The van der Waals surface area contributed by atoms with Crippen LogP contribution in [-0.4, -0.2) is 28.2 Å². The van der Waals surface area contributed by atoms with Gasteiger partial charge in [-0.05, 0) is 26.8 Å². The quantitative estimate of drug-likeness (QED) is 0.834. The number of hydrogen-bond donors (Lipinski definition) is 2. The van der Waals surface area contributed by atoms with Crippen molar-refractivity contribution in [2.75, 3.05) is 0 Å². The van der Waals surface area contributed by atoms with Gasteiger partial charge in [-0.15, -0.1) is 0 Å². The molecule has 0 saturated carbocycles. The molecule has 1 aromatic rings. The summed E-state index contributed by atoms with van der Waals surface area (Å²) in [6, 6.07) is 2.27. The van der Waals surface area contributed by atoms with Gasteiger partial charge in [0.1, 0.15) is 11.6 Å². The maximum atomic E-state index is 11.9. The summed E-state index contributed by atoms with van der Waals surface area (Å²) in [4.78, 5) is 35.0. The van der Waals surface area contributed by atoms with Crippen molar-refractivity contribution >= 4 is 12.0 Å². The highest BCUT2D eigenvalue weighted by Crippen LogP contribution is 2.07. The summed E-state index contributed by atoms with van der Waals surface area (Å²) in [6.07, 6.45) is 0.869. The molecule has 0 aliphatic rings. The summed E-state index contributed by atoms with van der Waals surface area (Å²) in [5, 5.41) is 2.38. The zero-order chi connectivity index (χ0) is 16.2. The zero-order valence-corrected chi connectivity index (χ0v) is 12.7. The van der Waals surface area contributed by atoms with Gasteiger partial charge < -0.3 is 20.4 Å². The van der Waals surface area contributed by atoms with E-state index in [1.807, 2.05) is 0 Å². The molecule has 0 fully saturated rings. The van der Waals surface area contributed by atoms with Crippen LogP contribution in [0.25, 0.3) is 0 Å². The highest BCUT2D eigenvalue weighted by Gasteiger charge is 2.23. The molecule has 1 atom stereocenters. The number of carbonyl (C=O) groups is 2. The number of rotatable bonds is 4. The Morgan fingerprint density at radius 3 is 2.57 bits per heavy atom. The second-order valence-corrected chi connectivity index (χ2v) is 5.75. The summed E-state index contributed by atoms with van der Waals surface area (Å²) >= 11 is 0. The van der Waals surface area contributed by atoms with Crippen LogP contribution in [0.3, 0.4) is 0 Å². The van der Waals surface area contributed by atoms with Gasteiger partial charge in [0.05, 0.1) is 0 Å². The van der Waals surface area contributed by atoms with E-state index in [0.29, 0.717) is 5.56 Å². The Labute approximate surface area is 123 Å². The van der Waals surface area contributed by atoms with Crippen LogP contribution < -0.4 is 16.6 Å². The predicted molar refractivity (Wildman–Crippen MR) is 77.7 cm³/mol. The molecule has 0 aliphatic heterocycles. The van der Waals surface area contributed by atoms with Crippen LogP contribution in [0.15, 0.2) is 23.1 Å². The molecule has 7 nitrogen and oxygen atoms in total. The average molecular weight is 295 g/mol. The molecule has 0 aromatic carbocycles. The molecule has 0 radical (unpaired) electrons. The molecule has 21 heavy (non-hydrogen) atoms. The number of alkyl carbamates (subject to hydrolysis) is 1. The zero-order valence-electron chi connectivity index (χ0n) is 12.7. The molecule has 1 aromatic heterocycles. The summed E-state index contributed by atoms with van der Waals surface area (Å²) < 4.78 is 6.46. The number of amides is 2. The minimum Gasteiger partial charge on any atom is -0.444 e. The number of pyridine rings is 1. The van der Waals surface area contributed by atoms with E-state index in [4.69, 9.17) is 10.5 Å². The topological polar surface area (TPSA) is 103 Å². The molecule has 1 heterocycles. The van der Waals surface area contributed by atoms with E-state index < -0.39 is 23.6 Å². The molecule has 0 spiro atoms. The van der Waals surface area contributed by atoms with Crippen molar-refractivity contribution in [2.45, 2.75) is 38.8 Å². The van der Waals surface area contributed by atoms with E-state index in [0.717, 1.165) is 0 Å². The minimum absolute atomic E-state index is 0.0160. The molecular weight excluding hydrogens is 274 g/mol. The summed E-state index contributed by atoms with van der Waals surface area (Å²) in [7, 11) is 1.60. The lowest BCUT2D eigenvalue weighted by atomic mass is 10.1. The van der Waals surface area contributed by atoms with Crippen LogP contribution in [-0.2, 0) is 23.0 Å². The van der Waals surface area contributed by atoms with Gasteiger partial charge in [0.15, 0.2) is 0 Å². The van der Waals surface area contributed by atoms with Gasteiger partial charge in [0, 0.05) is 25.2 Å². The molecule has 2 amide bonds. The second kappa shape index (κ2) is 6.43. The van der Waals surface area contributed by atoms with Crippen LogP contribution in [0.2, 0.25) is 0 Å². The fraction of sp³-hybridized carbons (Fsp3) is 0.500. The minimum atomic E-state index is -1.00. The van der Waals surface area contributed by atoms with Crippen LogP contribution in [0.4, 0.5) is 4.79 Å². The lowest BCUT2D eigenvalue weighted by molar-refractivity contribution is -0.120. The molecule has 7 heteroatoms. The Morgan fingerprint density at radius 2 is 2.05 bits per heavy atom. The van der Waals surface area contributed by atoms with Crippen molar-refractivity contribution < 1.29 is 14.3 Å². The van der Waals surface area contributed by atoms with Crippen LogP contribution >= 0.6 is 0 Å². The third-order valence-electron chi connectivity index (χ3n) is 2.66. The van der Waals surface area contributed by atoms with Gasteiger partial charge in [-0.3, -0.25) is 9.59 Å². The molecule has 0 saturated heterocycles. The first-order valence-electron chi connectivity index (χ1n) is 6.53. The maximum absolute atomic E-state index is 11.9. The van der Waals surface area contributed by atoms with E-state index >= 15 is 0 Å². The van der Waals surface area contributed by atoms with Crippen LogP contribution in [0.1, 0.15) is 26.3 Å². The van der Waals surface area contributed by atoms with Crippen molar-refractivity contribution in [1.29, 1.82) is 0 Å². The van der Waals surface area contributed by atoms with E-state index in [1.54, 1.807) is 46.1 Å². The van der Waals surface area contributed by atoms with Crippen molar-refractivity contribution in [3.8, 4) is 0 Å². The largest absolute Gasteiger partial charge is 0.444 e. The molecule has 1 unspecified atom stereocenters. The lowest BCUT2D eigenvalue weighted by Gasteiger charge is -2.22. The Hall–Kier alpha value is -2.31. The van der Waals surface area contributed by atoms with Crippen molar-refractivity contribution in [1.82, 2.24) is 9.88 Å². The SMILES string of the molecule is Cn1cccc(CC(NC(=O)OC(C)(C)C)C(N)=O)c1=O. The number of aromatic nitrogens is 1. The Balaban J connectivity index is 2.84. The molecule has 3 N–H and O–H groups in total. The number of nitrogens with zero attached hydrogens (tertiary/aromatic N) is 1. The third-order valence-corrected chi connectivity index (χ3v) is 2.66. The lowest BCUT2D eigenvalue weighted by Crippen LogP contribution is -2.48. The fourth-order valence-corrected chi connectivity index (χ4v) is 1.70. The fourth-order valence-electron chi connectivity index (χ4n) is 1.70. The number of aryl methyl sites for hydroxylation is 1. The van der Waals surface area contributed by atoms with Crippen molar-refractivity contribution in [3.63, 3.8) is 0 Å². The predicted octanol–water partition coefficient (Wildman–Crippen LogP) is 0.306. The van der Waals surface area contributed by atoms with Gasteiger partial charge in [-0.25, -0.2) is 4.79 Å². The number of ether oxygens (including phenoxy) is 1. The number of hydrogen-bond acceptors (Lipinski definition) is 4.